The van der Waals surface area contributed by atoms with Gasteiger partial charge in [0, 0.05) is 23.7 Å². The number of para-hydroxylation sites is 1. The zero-order chi connectivity index (χ0) is 21.1. The summed E-state index contributed by atoms with van der Waals surface area (Å²) in [6.45, 7) is 4.47. The number of amides is 1. The molecule has 6 nitrogen and oxygen atoms in total. The van der Waals surface area contributed by atoms with Gasteiger partial charge in [-0.25, -0.2) is 4.98 Å². The summed E-state index contributed by atoms with van der Waals surface area (Å²) in [6, 6.07) is 15.6. The molecule has 7 heteroatoms. The van der Waals surface area contributed by atoms with Crippen LogP contribution in [0.4, 0.5) is 5.82 Å². The van der Waals surface area contributed by atoms with E-state index in [9.17, 15) is 9.59 Å². The number of carbonyl (C=O) groups excluding carboxylic acids is 1. The topological polar surface area (TPSA) is 84.1 Å². The third-order valence-corrected chi connectivity index (χ3v) is 6.07. The van der Waals surface area contributed by atoms with Crippen LogP contribution in [0.25, 0.3) is 0 Å². The minimum absolute atomic E-state index is 0.160. The Morgan fingerprint density at radius 2 is 1.90 bits per heavy atom. The molecule has 2 heterocycles. The molecule has 2 N–H and O–H groups in total. The average molecular weight is 422 g/mol. The van der Waals surface area contributed by atoms with E-state index < -0.39 is 5.92 Å². The highest BCUT2D eigenvalue weighted by Gasteiger charge is 2.32. The van der Waals surface area contributed by atoms with Crippen LogP contribution in [0.5, 0.6) is 5.75 Å². The van der Waals surface area contributed by atoms with Crippen molar-refractivity contribution in [2.24, 2.45) is 0 Å². The number of hydrogen-bond donors (Lipinski definition) is 2. The highest BCUT2D eigenvalue weighted by molar-refractivity contribution is 7.98. The number of H-pyrrole nitrogens is 1. The number of anilines is 1. The van der Waals surface area contributed by atoms with E-state index in [1.807, 2.05) is 43.3 Å². The standard InChI is InChI=1S/C23H23N3O3S/c1-3-29-18-11-7-6-10-16(18)17-12-19(27)24-21-20(17)22(28)26-23(25-21)30-13-15-9-5-4-8-14(15)2/h4-11,17H,3,12-13H2,1-2H3,(H2,24,25,26,27,28). The lowest BCUT2D eigenvalue weighted by Gasteiger charge is -2.26. The van der Waals surface area contributed by atoms with Gasteiger partial charge in [-0.15, -0.1) is 0 Å². The molecule has 1 unspecified atom stereocenters. The average Bonchev–Trinajstić information content (AvgIpc) is 2.73. The van der Waals surface area contributed by atoms with E-state index in [1.54, 1.807) is 0 Å². The van der Waals surface area contributed by atoms with E-state index in [0.29, 0.717) is 34.6 Å². The van der Waals surface area contributed by atoms with Crippen molar-refractivity contribution in [2.75, 3.05) is 11.9 Å². The highest BCUT2D eigenvalue weighted by atomic mass is 32.2. The molecule has 0 spiro atoms. The molecular weight excluding hydrogens is 398 g/mol. The van der Waals surface area contributed by atoms with Crippen LogP contribution >= 0.6 is 11.8 Å². The molecule has 3 aromatic rings. The second-order valence-corrected chi connectivity index (χ2v) is 8.09. The molecule has 1 atom stereocenters. The second kappa shape index (κ2) is 8.75. The molecule has 1 amide bonds. The van der Waals surface area contributed by atoms with Gasteiger partial charge in [0.2, 0.25) is 5.91 Å². The molecule has 0 aliphatic carbocycles. The van der Waals surface area contributed by atoms with Crippen LogP contribution < -0.4 is 15.6 Å². The fraction of sp³-hybridized carbons (Fsp3) is 0.261. The SMILES string of the molecule is CCOc1ccccc1C1CC(=O)Nc2nc(SCc3ccccc3C)[nH]c(=O)c21. The summed E-state index contributed by atoms with van der Waals surface area (Å²) in [7, 11) is 0. The number of ether oxygens (including phenoxy) is 1. The van der Waals surface area contributed by atoms with Crippen LogP contribution in [-0.4, -0.2) is 22.5 Å². The van der Waals surface area contributed by atoms with Gasteiger partial charge in [0.1, 0.15) is 11.6 Å². The Hall–Kier alpha value is -3.06. The lowest BCUT2D eigenvalue weighted by molar-refractivity contribution is -0.116. The lowest BCUT2D eigenvalue weighted by Crippen LogP contribution is -2.31. The maximum Gasteiger partial charge on any atom is 0.257 e. The van der Waals surface area contributed by atoms with Crippen molar-refractivity contribution >= 4 is 23.5 Å². The van der Waals surface area contributed by atoms with Gasteiger partial charge >= 0.3 is 0 Å². The Morgan fingerprint density at radius 1 is 1.13 bits per heavy atom. The molecule has 154 valence electrons. The fourth-order valence-corrected chi connectivity index (χ4v) is 4.59. The number of aromatic nitrogens is 2. The Kier molecular flexibility index (Phi) is 5.90. The number of nitrogens with one attached hydrogen (secondary N) is 2. The Labute approximate surface area is 179 Å². The second-order valence-electron chi connectivity index (χ2n) is 7.12. The number of rotatable bonds is 6. The third-order valence-electron chi connectivity index (χ3n) is 5.15. The van der Waals surface area contributed by atoms with Crippen molar-refractivity contribution < 1.29 is 9.53 Å². The van der Waals surface area contributed by atoms with E-state index in [1.165, 1.54) is 22.9 Å². The Morgan fingerprint density at radius 3 is 2.70 bits per heavy atom. The molecule has 0 saturated carbocycles. The Balaban J connectivity index is 1.68. The van der Waals surface area contributed by atoms with E-state index in [0.717, 1.165) is 5.56 Å². The number of thioether (sulfide) groups is 1. The number of aryl methyl sites for hydroxylation is 1. The molecule has 0 saturated heterocycles. The summed E-state index contributed by atoms with van der Waals surface area (Å²) in [6.07, 6.45) is 0.178. The van der Waals surface area contributed by atoms with E-state index >= 15 is 0 Å². The van der Waals surface area contributed by atoms with Gasteiger partial charge in [0.15, 0.2) is 5.16 Å². The van der Waals surface area contributed by atoms with Gasteiger partial charge in [0.25, 0.3) is 5.56 Å². The molecule has 30 heavy (non-hydrogen) atoms. The van der Waals surface area contributed by atoms with Crippen LogP contribution in [0.1, 0.15) is 41.5 Å². The number of hydrogen-bond acceptors (Lipinski definition) is 5. The van der Waals surface area contributed by atoms with Gasteiger partial charge in [-0.1, -0.05) is 54.2 Å². The predicted molar refractivity (Wildman–Crippen MR) is 118 cm³/mol. The van der Waals surface area contributed by atoms with Gasteiger partial charge in [-0.05, 0) is 31.0 Å². The highest BCUT2D eigenvalue weighted by Crippen LogP contribution is 2.38. The number of fused-ring (bicyclic) bond motifs is 1. The lowest BCUT2D eigenvalue weighted by atomic mass is 9.86. The monoisotopic (exact) mass is 421 g/mol. The zero-order valence-electron chi connectivity index (χ0n) is 16.9. The summed E-state index contributed by atoms with van der Waals surface area (Å²) >= 11 is 1.44. The van der Waals surface area contributed by atoms with Crippen molar-refractivity contribution in [3.8, 4) is 5.75 Å². The van der Waals surface area contributed by atoms with Crippen LogP contribution in [0.3, 0.4) is 0 Å². The number of carbonyl (C=O) groups is 1. The third kappa shape index (κ3) is 4.11. The zero-order valence-corrected chi connectivity index (χ0v) is 17.7. The Bertz CT molecular complexity index is 1140. The summed E-state index contributed by atoms with van der Waals surface area (Å²) in [4.78, 5) is 32.9. The van der Waals surface area contributed by atoms with Crippen molar-refractivity contribution in [3.63, 3.8) is 0 Å². The summed E-state index contributed by atoms with van der Waals surface area (Å²) in [5.74, 6) is 1.13. The molecule has 2 aromatic carbocycles. The summed E-state index contributed by atoms with van der Waals surface area (Å²) < 4.78 is 5.73. The number of aromatic amines is 1. The van der Waals surface area contributed by atoms with Crippen LogP contribution in [-0.2, 0) is 10.5 Å². The molecule has 0 fully saturated rings. The molecule has 0 bridgehead atoms. The molecule has 1 aromatic heterocycles. The normalized spacial score (nSPS) is 15.4. The van der Waals surface area contributed by atoms with Crippen molar-refractivity contribution in [1.82, 2.24) is 9.97 Å². The van der Waals surface area contributed by atoms with Crippen LogP contribution in [0.15, 0.2) is 58.5 Å². The molecule has 4 rings (SSSR count). The smallest absolute Gasteiger partial charge is 0.257 e. The van der Waals surface area contributed by atoms with E-state index in [-0.39, 0.29) is 17.9 Å². The van der Waals surface area contributed by atoms with Gasteiger partial charge in [-0.3, -0.25) is 9.59 Å². The first-order valence-electron chi connectivity index (χ1n) is 9.90. The maximum atomic E-state index is 13.0. The number of nitrogens with zero attached hydrogens (tertiary/aromatic N) is 1. The summed E-state index contributed by atoms with van der Waals surface area (Å²) in [5, 5.41) is 3.26. The van der Waals surface area contributed by atoms with Gasteiger partial charge in [-0.2, -0.15) is 0 Å². The minimum atomic E-state index is -0.400. The molecule has 1 aliphatic rings. The van der Waals surface area contributed by atoms with Crippen molar-refractivity contribution in [2.45, 2.75) is 37.1 Å². The first-order chi connectivity index (χ1) is 14.6. The first kappa shape index (κ1) is 20.2. The predicted octanol–water partition coefficient (Wildman–Crippen LogP) is 4.24. The van der Waals surface area contributed by atoms with Gasteiger partial charge < -0.3 is 15.0 Å². The van der Waals surface area contributed by atoms with E-state index in [2.05, 4.69) is 34.3 Å². The van der Waals surface area contributed by atoms with Gasteiger partial charge in [0.05, 0.1) is 12.2 Å². The van der Waals surface area contributed by atoms with Crippen molar-refractivity contribution in [1.29, 1.82) is 0 Å². The quantitative estimate of drug-likeness (QED) is 0.459. The molecule has 1 aliphatic heterocycles. The first-order valence-corrected chi connectivity index (χ1v) is 10.9. The fourth-order valence-electron chi connectivity index (χ4n) is 3.66. The maximum absolute atomic E-state index is 13.0. The van der Waals surface area contributed by atoms with E-state index in [4.69, 9.17) is 4.74 Å². The molecule has 0 radical (unpaired) electrons. The van der Waals surface area contributed by atoms with Crippen LogP contribution in [0, 0.1) is 6.92 Å². The van der Waals surface area contributed by atoms with Crippen molar-refractivity contribution in [3.05, 3.63) is 81.1 Å². The largest absolute Gasteiger partial charge is 0.494 e. The molecular formula is C23H23N3O3S. The van der Waals surface area contributed by atoms with Crippen LogP contribution in [0.2, 0.25) is 0 Å². The summed E-state index contributed by atoms with van der Waals surface area (Å²) in [5.41, 5.74) is 3.43. The number of benzene rings is 2. The minimum Gasteiger partial charge on any atom is -0.494 e.